The number of methoxy groups -OCH3 is 2. The van der Waals surface area contributed by atoms with Gasteiger partial charge in [-0.15, -0.1) is 11.8 Å². The second-order valence-electron chi connectivity index (χ2n) is 9.48. The van der Waals surface area contributed by atoms with Crippen molar-refractivity contribution in [3.63, 3.8) is 0 Å². The molecule has 0 spiro atoms. The number of hydrogen-bond donors (Lipinski definition) is 3. The van der Waals surface area contributed by atoms with Gasteiger partial charge >= 0.3 is 0 Å². The van der Waals surface area contributed by atoms with Crippen LogP contribution >= 0.6 is 11.8 Å². The summed E-state index contributed by atoms with van der Waals surface area (Å²) in [5, 5.41) is 7.94. The fourth-order valence-corrected chi connectivity index (χ4v) is 5.14. The molecular weight excluding hydrogens is 581 g/mol. The van der Waals surface area contributed by atoms with Crippen LogP contribution in [-0.2, 0) is 9.59 Å². The average Bonchev–Trinajstić information content (AvgIpc) is 3.04. The van der Waals surface area contributed by atoms with Crippen molar-refractivity contribution >= 4 is 46.9 Å². The van der Waals surface area contributed by atoms with Gasteiger partial charge in [-0.3, -0.25) is 14.4 Å². The molecule has 1 atom stereocenters. The van der Waals surface area contributed by atoms with E-state index in [9.17, 15) is 18.8 Å². The Hall–Kier alpha value is -5.09. The highest BCUT2D eigenvalue weighted by Crippen LogP contribution is 2.30. The summed E-state index contributed by atoms with van der Waals surface area (Å²) in [6.45, 7) is 1.90. The van der Waals surface area contributed by atoms with Crippen LogP contribution in [0.5, 0.6) is 11.5 Å². The van der Waals surface area contributed by atoms with E-state index in [0.717, 1.165) is 4.90 Å². The molecule has 0 fully saturated rings. The number of hydrogen-bond acceptors (Lipinski definition) is 6. The van der Waals surface area contributed by atoms with Crippen LogP contribution in [0, 0.1) is 5.82 Å². The number of thioether (sulfide) groups is 1. The summed E-state index contributed by atoms with van der Waals surface area (Å²) in [6, 6.07) is 26.3. The van der Waals surface area contributed by atoms with Gasteiger partial charge in [0.2, 0.25) is 5.91 Å². The molecule has 0 radical (unpaired) electrons. The quantitative estimate of drug-likeness (QED) is 0.120. The molecule has 3 N–H and O–H groups in total. The van der Waals surface area contributed by atoms with E-state index in [4.69, 9.17) is 9.47 Å². The maximum absolute atomic E-state index is 13.6. The van der Waals surface area contributed by atoms with Gasteiger partial charge in [0.15, 0.2) is 0 Å². The molecule has 4 rings (SSSR count). The second-order valence-corrected chi connectivity index (χ2v) is 10.8. The summed E-state index contributed by atoms with van der Waals surface area (Å²) < 4.78 is 24.0. The molecule has 44 heavy (non-hydrogen) atoms. The van der Waals surface area contributed by atoms with Crippen LogP contribution in [0.3, 0.4) is 0 Å². The molecule has 4 aromatic rings. The van der Waals surface area contributed by atoms with Crippen molar-refractivity contribution in [2.24, 2.45) is 0 Å². The van der Waals surface area contributed by atoms with Gasteiger partial charge < -0.3 is 25.4 Å². The molecule has 8 nitrogen and oxygen atoms in total. The molecule has 0 aliphatic rings. The van der Waals surface area contributed by atoms with Crippen LogP contribution in [0.25, 0.3) is 6.08 Å². The summed E-state index contributed by atoms with van der Waals surface area (Å²) in [4.78, 5) is 40.3. The van der Waals surface area contributed by atoms with Crippen molar-refractivity contribution in [3.8, 4) is 11.5 Å². The first-order valence-electron chi connectivity index (χ1n) is 13.7. The lowest BCUT2D eigenvalue weighted by Gasteiger charge is -2.16. The van der Waals surface area contributed by atoms with Crippen molar-refractivity contribution in [2.45, 2.75) is 23.5 Å². The molecule has 0 heterocycles. The van der Waals surface area contributed by atoms with Crippen LogP contribution < -0.4 is 25.4 Å². The summed E-state index contributed by atoms with van der Waals surface area (Å²) in [6.07, 6.45) is 2.07. The largest absolute Gasteiger partial charge is 0.497 e. The Kier molecular flexibility index (Phi) is 11.1. The molecule has 1 unspecified atom stereocenters. The van der Waals surface area contributed by atoms with Crippen LogP contribution in [0.2, 0.25) is 0 Å². The van der Waals surface area contributed by atoms with Crippen molar-refractivity contribution in [1.29, 1.82) is 0 Å². The molecule has 10 heteroatoms. The number of anilines is 2. The summed E-state index contributed by atoms with van der Waals surface area (Å²) >= 11 is 1.34. The Morgan fingerprint density at radius 2 is 1.59 bits per heavy atom. The minimum Gasteiger partial charge on any atom is -0.497 e. The van der Waals surface area contributed by atoms with Crippen LogP contribution in [0.4, 0.5) is 15.8 Å². The van der Waals surface area contributed by atoms with Gasteiger partial charge in [-0.05, 0) is 79.2 Å². The van der Waals surface area contributed by atoms with Gasteiger partial charge in [0.05, 0.1) is 19.5 Å². The summed E-state index contributed by atoms with van der Waals surface area (Å²) in [5.74, 6) is -0.599. The number of carbonyl (C=O) groups excluding carboxylic acids is 3. The number of carbonyl (C=O) groups is 3. The Balaban J connectivity index is 1.54. The van der Waals surface area contributed by atoms with Crippen molar-refractivity contribution in [2.75, 3.05) is 24.9 Å². The minimum absolute atomic E-state index is 0.00881. The normalized spacial score (nSPS) is 11.7. The Morgan fingerprint density at radius 3 is 2.27 bits per heavy atom. The minimum atomic E-state index is -0.560. The molecule has 0 aromatic heterocycles. The third-order valence-corrected chi connectivity index (χ3v) is 7.77. The molecule has 4 aromatic carbocycles. The van der Waals surface area contributed by atoms with Gasteiger partial charge in [0.1, 0.15) is 23.0 Å². The maximum Gasteiger partial charge on any atom is 0.272 e. The molecule has 0 saturated heterocycles. The molecule has 0 aliphatic carbocycles. The molecule has 3 amide bonds. The summed E-state index contributed by atoms with van der Waals surface area (Å²) in [7, 11) is 3.04. The van der Waals surface area contributed by atoms with E-state index in [1.165, 1.54) is 56.3 Å². The zero-order valence-corrected chi connectivity index (χ0v) is 25.2. The predicted molar refractivity (Wildman–Crippen MR) is 171 cm³/mol. The Labute approximate surface area is 259 Å². The number of benzene rings is 4. The van der Waals surface area contributed by atoms with E-state index in [1.807, 2.05) is 13.0 Å². The van der Waals surface area contributed by atoms with Crippen LogP contribution in [0.15, 0.2) is 108 Å². The lowest BCUT2D eigenvalue weighted by molar-refractivity contribution is -0.116. The fourth-order valence-electron chi connectivity index (χ4n) is 4.12. The molecule has 226 valence electrons. The van der Waals surface area contributed by atoms with E-state index in [-0.39, 0.29) is 17.4 Å². The standard InChI is InChI=1S/C34H32FN3O5S/c1-4-31(34(41)36-25-16-14-24(35)15-17-25)44-28-12-8-11-26(20-28)37-33(40)29(38-32(39)22-9-6-5-7-10-22)19-23-13-18-27(42-2)21-30(23)43-3/h5-21,31H,4H2,1-3H3,(H,36,41)(H,37,40)(H,38,39)/b29-19+. The Morgan fingerprint density at radius 1 is 0.841 bits per heavy atom. The lowest BCUT2D eigenvalue weighted by Crippen LogP contribution is -2.30. The van der Waals surface area contributed by atoms with Crippen molar-refractivity contribution in [3.05, 3.63) is 120 Å². The predicted octanol–water partition coefficient (Wildman–Crippen LogP) is 6.76. The number of nitrogens with one attached hydrogen (secondary N) is 3. The number of ether oxygens (including phenoxy) is 2. The second kappa shape index (κ2) is 15.4. The molecule has 0 saturated carbocycles. The SMILES string of the molecule is CCC(Sc1cccc(NC(=O)/C(=C\c2ccc(OC)cc2OC)NC(=O)c2ccccc2)c1)C(=O)Nc1ccc(F)cc1. The smallest absolute Gasteiger partial charge is 0.272 e. The van der Waals surface area contributed by atoms with E-state index in [1.54, 1.807) is 66.7 Å². The first-order chi connectivity index (χ1) is 21.3. The first kappa shape index (κ1) is 31.8. The molecule has 0 bridgehead atoms. The van der Waals surface area contributed by atoms with E-state index in [2.05, 4.69) is 16.0 Å². The number of rotatable bonds is 12. The van der Waals surface area contributed by atoms with Crippen LogP contribution in [0.1, 0.15) is 29.3 Å². The lowest BCUT2D eigenvalue weighted by atomic mass is 10.1. The van der Waals surface area contributed by atoms with E-state index < -0.39 is 17.1 Å². The third kappa shape index (κ3) is 8.71. The van der Waals surface area contributed by atoms with Crippen molar-refractivity contribution in [1.82, 2.24) is 5.32 Å². The van der Waals surface area contributed by atoms with E-state index >= 15 is 0 Å². The highest BCUT2D eigenvalue weighted by Gasteiger charge is 2.20. The summed E-state index contributed by atoms with van der Waals surface area (Å²) in [5.41, 5.74) is 1.90. The highest BCUT2D eigenvalue weighted by molar-refractivity contribution is 8.00. The van der Waals surface area contributed by atoms with Gasteiger partial charge in [-0.25, -0.2) is 4.39 Å². The van der Waals surface area contributed by atoms with Crippen LogP contribution in [-0.4, -0.2) is 37.2 Å². The monoisotopic (exact) mass is 613 g/mol. The topological polar surface area (TPSA) is 106 Å². The van der Waals surface area contributed by atoms with Gasteiger partial charge in [0, 0.05) is 33.5 Å². The molecule has 0 aliphatic heterocycles. The number of amides is 3. The van der Waals surface area contributed by atoms with E-state index in [0.29, 0.717) is 40.4 Å². The highest BCUT2D eigenvalue weighted by atomic mass is 32.2. The first-order valence-corrected chi connectivity index (χ1v) is 14.6. The van der Waals surface area contributed by atoms with Gasteiger partial charge in [-0.2, -0.15) is 0 Å². The maximum atomic E-state index is 13.6. The van der Waals surface area contributed by atoms with Crippen molar-refractivity contribution < 1.29 is 28.2 Å². The third-order valence-electron chi connectivity index (χ3n) is 6.41. The average molecular weight is 614 g/mol. The van der Waals surface area contributed by atoms with Gasteiger partial charge in [-0.1, -0.05) is 31.2 Å². The van der Waals surface area contributed by atoms with Gasteiger partial charge in [0.25, 0.3) is 11.8 Å². The molecular formula is C34H32FN3O5S. The fraction of sp³-hybridized carbons (Fsp3) is 0.147. The number of halogens is 1. The Bertz CT molecular complexity index is 1640. The zero-order valence-electron chi connectivity index (χ0n) is 24.4. The zero-order chi connectivity index (χ0) is 31.5.